The van der Waals surface area contributed by atoms with Crippen molar-refractivity contribution < 1.29 is 4.74 Å². The normalized spacial score (nSPS) is 11.9. The molecule has 0 unspecified atom stereocenters. The zero-order chi connectivity index (χ0) is 11.6. The van der Waals surface area contributed by atoms with E-state index in [0.717, 1.165) is 17.0 Å². The molecule has 0 saturated carbocycles. The molecule has 0 radical (unpaired) electrons. The van der Waals surface area contributed by atoms with E-state index in [9.17, 15) is 0 Å². The van der Waals surface area contributed by atoms with Gasteiger partial charge < -0.3 is 10.5 Å². The van der Waals surface area contributed by atoms with Gasteiger partial charge in [0.25, 0.3) is 0 Å². The zero-order valence-electron chi connectivity index (χ0n) is 10.1. The average Bonchev–Trinajstić information content (AvgIpc) is 2.17. The van der Waals surface area contributed by atoms with Crippen LogP contribution in [0.1, 0.15) is 36.6 Å². The van der Waals surface area contributed by atoms with Crippen LogP contribution >= 0.6 is 0 Å². The predicted octanol–water partition coefficient (Wildman–Crippen LogP) is 1.43. The number of methoxy groups -OCH3 is 1. The monoisotopic (exact) mass is 209 g/mol. The van der Waals surface area contributed by atoms with E-state index in [2.05, 4.69) is 9.97 Å². The first-order valence-electron chi connectivity index (χ1n) is 5.02. The second kappa shape index (κ2) is 4.24. The summed E-state index contributed by atoms with van der Waals surface area (Å²) in [6.45, 7) is 8.27. The number of ether oxygens (including phenoxy) is 1. The van der Waals surface area contributed by atoms with Crippen LogP contribution in [0.25, 0.3) is 0 Å². The third-order valence-electron chi connectivity index (χ3n) is 2.67. The summed E-state index contributed by atoms with van der Waals surface area (Å²) in [6, 6.07) is 0. The van der Waals surface area contributed by atoms with Gasteiger partial charge in [-0.1, -0.05) is 0 Å². The minimum atomic E-state index is -0.456. The average molecular weight is 209 g/mol. The highest BCUT2D eigenvalue weighted by atomic mass is 16.5. The van der Waals surface area contributed by atoms with Crippen molar-refractivity contribution in [2.45, 2.75) is 39.8 Å². The fourth-order valence-corrected chi connectivity index (χ4v) is 1.40. The maximum atomic E-state index is 5.63. The molecular formula is C11H19N3O. The van der Waals surface area contributed by atoms with E-state index in [1.807, 2.05) is 27.7 Å². The number of hydrogen-bond donors (Lipinski definition) is 1. The third kappa shape index (κ3) is 2.33. The van der Waals surface area contributed by atoms with Gasteiger partial charge in [0.1, 0.15) is 5.60 Å². The molecule has 0 fully saturated rings. The Bertz CT molecular complexity index is 338. The minimum absolute atomic E-state index is 0.456. The Morgan fingerprint density at radius 2 is 1.67 bits per heavy atom. The number of nitrogens with zero attached hydrogens (tertiary/aromatic N) is 2. The molecule has 0 spiro atoms. The van der Waals surface area contributed by atoms with Crippen LogP contribution in [0.3, 0.4) is 0 Å². The third-order valence-corrected chi connectivity index (χ3v) is 2.67. The highest BCUT2D eigenvalue weighted by molar-refractivity contribution is 5.25. The van der Waals surface area contributed by atoms with E-state index in [1.54, 1.807) is 7.11 Å². The maximum absolute atomic E-state index is 5.63. The Balaban J connectivity index is 3.26. The van der Waals surface area contributed by atoms with E-state index in [-0.39, 0.29) is 0 Å². The van der Waals surface area contributed by atoms with Gasteiger partial charge >= 0.3 is 0 Å². The number of aryl methyl sites for hydroxylation is 2. The first-order chi connectivity index (χ1) is 6.92. The Morgan fingerprint density at radius 1 is 1.20 bits per heavy atom. The molecule has 1 rings (SSSR count). The van der Waals surface area contributed by atoms with Crippen molar-refractivity contribution in [2.75, 3.05) is 7.11 Å². The van der Waals surface area contributed by atoms with Gasteiger partial charge in [0.05, 0.1) is 0 Å². The van der Waals surface area contributed by atoms with Gasteiger partial charge in [-0.3, -0.25) is 0 Å². The van der Waals surface area contributed by atoms with Crippen molar-refractivity contribution >= 4 is 0 Å². The first kappa shape index (κ1) is 12.1. The lowest BCUT2D eigenvalue weighted by molar-refractivity contribution is 0.0111. The highest BCUT2D eigenvalue weighted by Crippen LogP contribution is 2.22. The molecule has 0 aliphatic carbocycles. The molecule has 4 nitrogen and oxygen atoms in total. The Morgan fingerprint density at radius 3 is 2.00 bits per heavy atom. The fraction of sp³-hybridized carbons (Fsp3) is 0.636. The second-order valence-corrected chi connectivity index (χ2v) is 4.12. The van der Waals surface area contributed by atoms with E-state index in [0.29, 0.717) is 12.4 Å². The summed E-state index contributed by atoms with van der Waals surface area (Å²) in [6.07, 6.45) is 0. The van der Waals surface area contributed by atoms with Crippen molar-refractivity contribution in [1.29, 1.82) is 0 Å². The summed E-state index contributed by atoms with van der Waals surface area (Å²) in [5.41, 5.74) is 8.07. The van der Waals surface area contributed by atoms with Crippen LogP contribution in [-0.4, -0.2) is 17.1 Å². The molecule has 0 aliphatic heterocycles. The van der Waals surface area contributed by atoms with Gasteiger partial charge in [0.15, 0.2) is 5.82 Å². The number of nitrogens with two attached hydrogens (primary N) is 1. The van der Waals surface area contributed by atoms with E-state index in [1.165, 1.54) is 0 Å². The number of hydrogen-bond acceptors (Lipinski definition) is 4. The lowest BCUT2D eigenvalue weighted by Gasteiger charge is -2.22. The van der Waals surface area contributed by atoms with Crippen LogP contribution in [0, 0.1) is 13.8 Å². The van der Waals surface area contributed by atoms with Gasteiger partial charge in [-0.05, 0) is 27.7 Å². The van der Waals surface area contributed by atoms with Crippen LogP contribution in [-0.2, 0) is 16.9 Å². The summed E-state index contributed by atoms with van der Waals surface area (Å²) in [5.74, 6) is 0.706. The molecule has 2 N–H and O–H groups in total. The fourth-order valence-electron chi connectivity index (χ4n) is 1.40. The number of rotatable bonds is 3. The van der Waals surface area contributed by atoms with Gasteiger partial charge in [-0.15, -0.1) is 0 Å². The van der Waals surface area contributed by atoms with Crippen LogP contribution in [0.4, 0.5) is 0 Å². The summed E-state index contributed by atoms with van der Waals surface area (Å²) in [4.78, 5) is 8.86. The first-order valence-corrected chi connectivity index (χ1v) is 5.02. The van der Waals surface area contributed by atoms with E-state index < -0.39 is 5.60 Å². The Labute approximate surface area is 90.9 Å². The van der Waals surface area contributed by atoms with Crippen molar-refractivity contribution in [3.8, 4) is 0 Å². The van der Waals surface area contributed by atoms with Gasteiger partial charge in [0.2, 0.25) is 0 Å². The molecule has 1 aromatic heterocycles. The number of aromatic nitrogens is 2. The molecule has 15 heavy (non-hydrogen) atoms. The van der Waals surface area contributed by atoms with Crippen LogP contribution in [0.15, 0.2) is 0 Å². The lowest BCUT2D eigenvalue weighted by Crippen LogP contribution is -2.24. The van der Waals surface area contributed by atoms with Gasteiger partial charge in [-0.2, -0.15) is 0 Å². The SMILES string of the molecule is COC(C)(C)c1nc(C)c(CN)c(C)n1. The molecule has 0 aromatic carbocycles. The summed E-state index contributed by atoms with van der Waals surface area (Å²) in [5, 5.41) is 0. The Hall–Kier alpha value is -1.00. The molecule has 0 amide bonds. The molecule has 1 heterocycles. The van der Waals surface area contributed by atoms with E-state index >= 15 is 0 Å². The topological polar surface area (TPSA) is 61.0 Å². The molecule has 1 aromatic rings. The Kier molecular flexibility index (Phi) is 3.42. The predicted molar refractivity (Wildman–Crippen MR) is 59.4 cm³/mol. The van der Waals surface area contributed by atoms with Crippen molar-refractivity contribution in [3.05, 3.63) is 22.8 Å². The lowest BCUT2D eigenvalue weighted by atomic mass is 10.1. The maximum Gasteiger partial charge on any atom is 0.160 e. The largest absolute Gasteiger partial charge is 0.371 e. The van der Waals surface area contributed by atoms with Crippen LogP contribution in [0.2, 0.25) is 0 Å². The van der Waals surface area contributed by atoms with Crippen LogP contribution in [0.5, 0.6) is 0 Å². The second-order valence-electron chi connectivity index (χ2n) is 4.12. The molecule has 0 bridgehead atoms. The summed E-state index contributed by atoms with van der Waals surface area (Å²) >= 11 is 0. The standard InChI is InChI=1S/C11H19N3O/c1-7-9(6-12)8(2)14-10(13-7)11(3,4)15-5/h6,12H2,1-5H3. The minimum Gasteiger partial charge on any atom is -0.371 e. The van der Waals surface area contributed by atoms with Crippen LogP contribution < -0.4 is 5.73 Å². The molecule has 84 valence electrons. The van der Waals surface area contributed by atoms with Crippen molar-refractivity contribution in [3.63, 3.8) is 0 Å². The zero-order valence-corrected chi connectivity index (χ0v) is 10.1. The molecule has 0 atom stereocenters. The van der Waals surface area contributed by atoms with Crippen molar-refractivity contribution in [1.82, 2.24) is 9.97 Å². The smallest absolute Gasteiger partial charge is 0.160 e. The summed E-state index contributed by atoms with van der Waals surface area (Å²) < 4.78 is 5.35. The summed E-state index contributed by atoms with van der Waals surface area (Å²) in [7, 11) is 1.66. The van der Waals surface area contributed by atoms with E-state index in [4.69, 9.17) is 10.5 Å². The quantitative estimate of drug-likeness (QED) is 0.818. The molecule has 4 heteroatoms. The molecule has 0 saturated heterocycles. The molecular weight excluding hydrogens is 190 g/mol. The van der Waals surface area contributed by atoms with Crippen molar-refractivity contribution in [2.24, 2.45) is 5.73 Å². The van der Waals surface area contributed by atoms with Gasteiger partial charge in [0, 0.05) is 30.6 Å². The van der Waals surface area contributed by atoms with Gasteiger partial charge in [-0.25, -0.2) is 9.97 Å². The molecule has 0 aliphatic rings. The highest BCUT2D eigenvalue weighted by Gasteiger charge is 2.24.